The summed E-state index contributed by atoms with van der Waals surface area (Å²) < 4.78 is 0. The van der Waals surface area contributed by atoms with Gasteiger partial charge in [0.05, 0.1) is 0 Å². The number of hydrogen-bond donors (Lipinski definition) is 2. The predicted octanol–water partition coefficient (Wildman–Crippen LogP) is 2.78. The molecule has 3 amide bonds. The second kappa shape index (κ2) is 6.96. The minimum atomic E-state index is -0.467. The number of amides is 3. The van der Waals surface area contributed by atoms with Crippen LogP contribution in [0.3, 0.4) is 0 Å². The molecule has 0 saturated heterocycles. The van der Waals surface area contributed by atoms with Gasteiger partial charge in [0, 0.05) is 24.1 Å². The van der Waals surface area contributed by atoms with E-state index < -0.39 is 6.03 Å². The van der Waals surface area contributed by atoms with E-state index in [4.69, 9.17) is 0 Å². The maximum absolute atomic E-state index is 11.4. The van der Waals surface area contributed by atoms with Gasteiger partial charge in [-0.3, -0.25) is 10.1 Å². The van der Waals surface area contributed by atoms with E-state index in [1.807, 2.05) is 18.2 Å². The Labute approximate surface area is 121 Å². The lowest BCUT2D eigenvalue weighted by atomic mass is 10.1. The lowest BCUT2D eigenvalue weighted by molar-refractivity contribution is -0.119. The van der Waals surface area contributed by atoms with Gasteiger partial charge in [0.15, 0.2) is 0 Å². The molecule has 0 heterocycles. The molecule has 0 atom stereocenters. The van der Waals surface area contributed by atoms with Crippen LogP contribution in [0.25, 0.3) is 10.8 Å². The Bertz CT molecular complexity index is 628. The van der Waals surface area contributed by atoms with Crippen molar-refractivity contribution in [3.05, 3.63) is 42.5 Å². The van der Waals surface area contributed by atoms with Crippen LogP contribution in [0.15, 0.2) is 47.4 Å². The smallest absolute Gasteiger partial charge is 0.321 e. The molecular weight excluding hydrogens is 272 g/mol. The molecule has 5 heteroatoms. The zero-order chi connectivity index (χ0) is 14.4. The number of thioether (sulfide) groups is 1. The van der Waals surface area contributed by atoms with Gasteiger partial charge in [-0.15, -0.1) is 11.8 Å². The Hall–Kier alpha value is -2.01. The average molecular weight is 288 g/mol. The van der Waals surface area contributed by atoms with E-state index in [9.17, 15) is 9.59 Å². The number of hydrogen-bond acceptors (Lipinski definition) is 3. The molecule has 2 aromatic rings. The van der Waals surface area contributed by atoms with Gasteiger partial charge >= 0.3 is 6.03 Å². The van der Waals surface area contributed by atoms with Crippen LogP contribution in [-0.4, -0.2) is 24.7 Å². The van der Waals surface area contributed by atoms with Gasteiger partial charge in [-0.25, -0.2) is 4.79 Å². The maximum atomic E-state index is 11.4. The van der Waals surface area contributed by atoms with Crippen molar-refractivity contribution in [2.24, 2.45) is 0 Å². The van der Waals surface area contributed by atoms with Crippen LogP contribution < -0.4 is 10.6 Å². The van der Waals surface area contributed by atoms with Crippen molar-refractivity contribution >= 4 is 34.5 Å². The van der Waals surface area contributed by atoms with Crippen LogP contribution >= 0.6 is 11.8 Å². The molecule has 2 N–H and O–H groups in total. The second-order valence-corrected chi connectivity index (χ2v) is 5.40. The number of fused-ring (bicyclic) bond motifs is 1. The molecule has 2 rings (SSSR count). The molecule has 0 unspecified atom stereocenters. The van der Waals surface area contributed by atoms with Gasteiger partial charge in [0.25, 0.3) is 0 Å². The summed E-state index contributed by atoms with van der Waals surface area (Å²) in [5, 5.41) is 6.98. The Kier molecular flexibility index (Phi) is 5.01. The molecular formula is C15H16N2O2S. The third-order valence-corrected chi connectivity index (χ3v) is 3.79. The quantitative estimate of drug-likeness (QED) is 0.851. The molecule has 0 bridgehead atoms. The topological polar surface area (TPSA) is 58.2 Å². The fraction of sp³-hybridized carbons (Fsp3) is 0.200. The van der Waals surface area contributed by atoms with Crippen LogP contribution in [0.4, 0.5) is 4.79 Å². The first-order valence-electron chi connectivity index (χ1n) is 6.32. The first kappa shape index (κ1) is 14.4. The molecule has 20 heavy (non-hydrogen) atoms. The minimum absolute atomic E-state index is 0.266. The minimum Gasteiger partial charge on any atom is -0.341 e. The SMILES string of the molecule is CNC(=O)NC(=O)CCSc1ccc2ccccc2c1. The van der Waals surface area contributed by atoms with E-state index in [1.54, 1.807) is 11.8 Å². The highest BCUT2D eigenvalue weighted by molar-refractivity contribution is 7.99. The molecule has 0 radical (unpaired) electrons. The first-order valence-corrected chi connectivity index (χ1v) is 7.31. The highest BCUT2D eigenvalue weighted by Crippen LogP contribution is 2.23. The summed E-state index contributed by atoms with van der Waals surface area (Å²) in [7, 11) is 1.48. The van der Waals surface area contributed by atoms with E-state index in [0.29, 0.717) is 12.2 Å². The summed E-state index contributed by atoms with van der Waals surface area (Å²) in [5.41, 5.74) is 0. The molecule has 104 valence electrons. The van der Waals surface area contributed by atoms with Crippen molar-refractivity contribution < 1.29 is 9.59 Å². The van der Waals surface area contributed by atoms with Crippen LogP contribution in [0.2, 0.25) is 0 Å². The molecule has 0 aliphatic rings. The summed E-state index contributed by atoms with van der Waals surface area (Å²) >= 11 is 1.61. The summed E-state index contributed by atoms with van der Waals surface area (Å²) in [6, 6.07) is 13.9. The van der Waals surface area contributed by atoms with Crippen LogP contribution in [0.5, 0.6) is 0 Å². The van der Waals surface area contributed by atoms with Crippen molar-refractivity contribution in [3.8, 4) is 0 Å². The van der Waals surface area contributed by atoms with Crippen LogP contribution in [0.1, 0.15) is 6.42 Å². The average Bonchev–Trinajstić information content (AvgIpc) is 2.47. The van der Waals surface area contributed by atoms with E-state index in [-0.39, 0.29) is 5.91 Å². The number of nitrogens with one attached hydrogen (secondary N) is 2. The maximum Gasteiger partial charge on any atom is 0.321 e. The van der Waals surface area contributed by atoms with Crippen molar-refractivity contribution in [3.63, 3.8) is 0 Å². The number of rotatable bonds is 4. The van der Waals surface area contributed by atoms with Gasteiger partial charge in [-0.05, 0) is 22.9 Å². The zero-order valence-electron chi connectivity index (χ0n) is 11.2. The van der Waals surface area contributed by atoms with Gasteiger partial charge < -0.3 is 5.32 Å². The molecule has 4 nitrogen and oxygen atoms in total. The number of carbonyl (C=O) groups is 2. The number of benzene rings is 2. The van der Waals surface area contributed by atoms with E-state index in [0.717, 1.165) is 4.90 Å². The normalized spacial score (nSPS) is 10.2. The van der Waals surface area contributed by atoms with Gasteiger partial charge in [-0.2, -0.15) is 0 Å². The Morgan fingerprint density at radius 3 is 2.60 bits per heavy atom. The second-order valence-electron chi connectivity index (χ2n) is 4.23. The summed E-state index contributed by atoms with van der Waals surface area (Å²) in [4.78, 5) is 23.5. The van der Waals surface area contributed by atoms with Crippen LogP contribution in [-0.2, 0) is 4.79 Å². The number of imide groups is 1. The van der Waals surface area contributed by atoms with Gasteiger partial charge in [0.2, 0.25) is 5.91 Å². The largest absolute Gasteiger partial charge is 0.341 e. The fourth-order valence-electron chi connectivity index (χ4n) is 1.77. The number of urea groups is 1. The standard InChI is InChI=1S/C15H16N2O2S/c1-16-15(19)17-14(18)8-9-20-13-7-6-11-4-2-3-5-12(11)10-13/h2-7,10H,8-9H2,1H3,(H2,16,17,18,19). The van der Waals surface area contributed by atoms with Crippen molar-refractivity contribution in [1.82, 2.24) is 10.6 Å². The Morgan fingerprint density at radius 1 is 1.10 bits per heavy atom. The van der Waals surface area contributed by atoms with E-state index in [1.165, 1.54) is 17.8 Å². The Balaban J connectivity index is 1.86. The molecule has 0 aliphatic carbocycles. The predicted molar refractivity (Wildman–Crippen MR) is 81.9 cm³/mol. The lowest BCUT2D eigenvalue weighted by Crippen LogP contribution is -2.37. The Morgan fingerprint density at radius 2 is 1.85 bits per heavy atom. The van der Waals surface area contributed by atoms with Crippen LogP contribution in [0, 0.1) is 0 Å². The molecule has 2 aromatic carbocycles. The molecule has 0 fully saturated rings. The van der Waals surface area contributed by atoms with Crippen molar-refractivity contribution in [2.45, 2.75) is 11.3 Å². The third-order valence-electron chi connectivity index (χ3n) is 2.80. The number of carbonyl (C=O) groups excluding carboxylic acids is 2. The zero-order valence-corrected chi connectivity index (χ0v) is 12.0. The van der Waals surface area contributed by atoms with Gasteiger partial charge in [0.1, 0.15) is 0 Å². The molecule has 0 aliphatic heterocycles. The third kappa shape index (κ3) is 3.99. The molecule has 0 spiro atoms. The van der Waals surface area contributed by atoms with Crippen molar-refractivity contribution in [1.29, 1.82) is 0 Å². The van der Waals surface area contributed by atoms with Crippen molar-refractivity contribution in [2.75, 3.05) is 12.8 Å². The summed E-state index contributed by atoms with van der Waals surface area (Å²) in [6.45, 7) is 0. The lowest BCUT2D eigenvalue weighted by Gasteiger charge is -2.04. The molecule has 0 aromatic heterocycles. The summed E-state index contributed by atoms with van der Waals surface area (Å²) in [6.07, 6.45) is 0.310. The first-order chi connectivity index (χ1) is 9.69. The summed E-state index contributed by atoms with van der Waals surface area (Å²) in [5.74, 6) is 0.374. The van der Waals surface area contributed by atoms with E-state index in [2.05, 4.69) is 34.9 Å². The monoisotopic (exact) mass is 288 g/mol. The molecule has 0 saturated carbocycles. The highest BCUT2D eigenvalue weighted by atomic mass is 32.2. The van der Waals surface area contributed by atoms with E-state index >= 15 is 0 Å². The highest BCUT2D eigenvalue weighted by Gasteiger charge is 2.05. The van der Waals surface area contributed by atoms with Gasteiger partial charge in [-0.1, -0.05) is 30.3 Å². The fourth-order valence-corrected chi connectivity index (χ4v) is 2.67.